The van der Waals surface area contributed by atoms with E-state index in [9.17, 15) is 0 Å². The molecule has 0 unspecified atom stereocenters. The second-order valence-electron chi connectivity index (χ2n) is 4.61. The minimum atomic E-state index is 0.289. The molecule has 0 bridgehead atoms. The van der Waals surface area contributed by atoms with Crippen molar-refractivity contribution in [2.24, 2.45) is 0 Å². The van der Waals surface area contributed by atoms with Crippen molar-refractivity contribution < 1.29 is 0 Å². The van der Waals surface area contributed by atoms with Crippen LogP contribution in [0.2, 0.25) is 5.15 Å². The Morgan fingerprint density at radius 1 is 1.21 bits per heavy atom. The van der Waals surface area contributed by atoms with Crippen molar-refractivity contribution in [3.05, 3.63) is 47.1 Å². The summed E-state index contributed by atoms with van der Waals surface area (Å²) in [4.78, 5) is 12.3. The van der Waals surface area contributed by atoms with Crippen molar-refractivity contribution in [2.75, 3.05) is 11.9 Å². The summed E-state index contributed by atoms with van der Waals surface area (Å²) >= 11 is 6.12. The van der Waals surface area contributed by atoms with Gasteiger partial charge >= 0.3 is 0 Å². The maximum atomic E-state index is 6.12. The van der Waals surface area contributed by atoms with E-state index in [1.807, 2.05) is 12.1 Å². The van der Waals surface area contributed by atoms with Crippen LogP contribution in [-0.4, -0.2) is 21.5 Å². The van der Waals surface area contributed by atoms with Crippen LogP contribution in [0, 0.1) is 0 Å². The number of nitrogens with zero attached hydrogens (tertiary/aromatic N) is 3. The molecule has 0 aliphatic rings. The van der Waals surface area contributed by atoms with Crippen LogP contribution in [0.25, 0.3) is 0 Å². The first-order valence-corrected chi connectivity index (χ1v) is 6.69. The van der Waals surface area contributed by atoms with E-state index >= 15 is 0 Å². The van der Waals surface area contributed by atoms with Gasteiger partial charge in [-0.05, 0) is 30.0 Å². The largest absolute Gasteiger partial charge is 0.369 e. The molecule has 2 heterocycles. The number of anilines is 1. The third kappa shape index (κ3) is 3.64. The molecule has 0 aromatic carbocycles. The summed E-state index contributed by atoms with van der Waals surface area (Å²) in [6, 6.07) is 4.02. The number of aromatic nitrogens is 3. The maximum Gasteiger partial charge on any atom is 0.138 e. The molecule has 0 aliphatic carbocycles. The normalized spacial score (nSPS) is 10.7. The number of hydrogen-bond acceptors (Lipinski definition) is 4. The highest BCUT2D eigenvalue weighted by Crippen LogP contribution is 2.27. The fourth-order valence-electron chi connectivity index (χ4n) is 1.90. The van der Waals surface area contributed by atoms with Crippen molar-refractivity contribution >= 4 is 17.4 Å². The standard InChI is InChI=1S/C14H17ClN4/c1-10(2)12-13(15)18-9-19-14(12)17-8-5-11-3-6-16-7-4-11/h3-4,6-7,9-10H,5,8H2,1-2H3,(H,17,18,19). The summed E-state index contributed by atoms with van der Waals surface area (Å²) in [6.45, 7) is 4.97. The Hall–Kier alpha value is -1.68. The van der Waals surface area contributed by atoms with Crippen LogP contribution in [0.5, 0.6) is 0 Å². The lowest BCUT2D eigenvalue weighted by molar-refractivity contribution is 0.842. The van der Waals surface area contributed by atoms with Crippen LogP contribution in [0.15, 0.2) is 30.9 Å². The third-order valence-corrected chi connectivity index (χ3v) is 3.17. The molecule has 100 valence electrons. The zero-order valence-corrected chi connectivity index (χ0v) is 11.9. The van der Waals surface area contributed by atoms with Crippen LogP contribution in [0.4, 0.5) is 5.82 Å². The third-order valence-electron chi connectivity index (χ3n) is 2.87. The molecule has 1 N–H and O–H groups in total. The first-order valence-electron chi connectivity index (χ1n) is 6.31. The van der Waals surface area contributed by atoms with Gasteiger partial charge in [0.15, 0.2) is 0 Å². The van der Waals surface area contributed by atoms with Gasteiger partial charge in [-0.25, -0.2) is 9.97 Å². The van der Waals surface area contributed by atoms with Gasteiger partial charge in [-0.15, -0.1) is 0 Å². The SMILES string of the molecule is CC(C)c1c(Cl)ncnc1NCCc1ccncc1. The molecule has 19 heavy (non-hydrogen) atoms. The highest BCUT2D eigenvalue weighted by atomic mass is 35.5. The average molecular weight is 277 g/mol. The Balaban J connectivity index is 2.02. The average Bonchev–Trinajstić information content (AvgIpc) is 2.39. The molecule has 2 aromatic rings. The maximum absolute atomic E-state index is 6.12. The quantitative estimate of drug-likeness (QED) is 0.852. The van der Waals surface area contributed by atoms with E-state index in [1.165, 1.54) is 11.9 Å². The molecule has 0 fully saturated rings. The van der Waals surface area contributed by atoms with Gasteiger partial charge < -0.3 is 5.32 Å². The van der Waals surface area contributed by atoms with Gasteiger partial charge in [-0.3, -0.25) is 4.98 Å². The van der Waals surface area contributed by atoms with E-state index in [2.05, 4.69) is 34.1 Å². The summed E-state index contributed by atoms with van der Waals surface area (Å²) in [5.41, 5.74) is 2.22. The summed E-state index contributed by atoms with van der Waals surface area (Å²) in [5, 5.41) is 3.85. The molecule has 2 aromatic heterocycles. The van der Waals surface area contributed by atoms with Gasteiger partial charge in [0.2, 0.25) is 0 Å². The molecule has 0 atom stereocenters. The number of pyridine rings is 1. The molecular weight excluding hydrogens is 260 g/mol. The van der Waals surface area contributed by atoms with Crippen LogP contribution in [-0.2, 0) is 6.42 Å². The Morgan fingerprint density at radius 2 is 1.95 bits per heavy atom. The van der Waals surface area contributed by atoms with E-state index in [1.54, 1.807) is 12.4 Å². The number of rotatable bonds is 5. The lowest BCUT2D eigenvalue weighted by atomic mass is 10.1. The lowest BCUT2D eigenvalue weighted by Gasteiger charge is -2.14. The molecule has 0 spiro atoms. The zero-order valence-electron chi connectivity index (χ0n) is 11.1. The van der Waals surface area contributed by atoms with Crippen LogP contribution >= 0.6 is 11.6 Å². The second-order valence-corrected chi connectivity index (χ2v) is 4.97. The topological polar surface area (TPSA) is 50.7 Å². The highest BCUT2D eigenvalue weighted by molar-refractivity contribution is 6.30. The van der Waals surface area contributed by atoms with Crippen LogP contribution in [0.1, 0.15) is 30.9 Å². The Morgan fingerprint density at radius 3 is 2.63 bits per heavy atom. The molecule has 0 aliphatic heterocycles. The minimum Gasteiger partial charge on any atom is -0.369 e. The smallest absolute Gasteiger partial charge is 0.138 e. The van der Waals surface area contributed by atoms with Gasteiger partial charge in [0.05, 0.1) is 0 Å². The van der Waals surface area contributed by atoms with Gasteiger partial charge in [0, 0.05) is 24.5 Å². The van der Waals surface area contributed by atoms with Gasteiger partial charge in [-0.1, -0.05) is 25.4 Å². The van der Waals surface area contributed by atoms with Crippen molar-refractivity contribution in [3.8, 4) is 0 Å². The van der Waals surface area contributed by atoms with E-state index in [0.29, 0.717) is 5.15 Å². The predicted octanol–water partition coefficient (Wildman–Crippen LogP) is 3.30. The van der Waals surface area contributed by atoms with Crippen LogP contribution < -0.4 is 5.32 Å². The minimum absolute atomic E-state index is 0.289. The van der Waals surface area contributed by atoms with Crippen molar-refractivity contribution in [3.63, 3.8) is 0 Å². The first-order chi connectivity index (χ1) is 9.18. The fourth-order valence-corrected chi connectivity index (χ4v) is 2.25. The number of nitrogens with one attached hydrogen (secondary N) is 1. The monoisotopic (exact) mass is 276 g/mol. The lowest BCUT2D eigenvalue weighted by Crippen LogP contribution is -2.10. The first kappa shape index (κ1) is 13.7. The van der Waals surface area contributed by atoms with Crippen molar-refractivity contribution in [1.29, 1.82) is 0 Å². The predicted molar refractivity (Wildman–Crippen MR) is 77.6 cm³/mol. The van der Waals surface area contributed by atoms with Crippen LogP contribution in [0.3, 0.4) is 0 Å². The number of hydrogen-bond donors (Lipinski definition) is 1. The Bertz CT molecular complexity index is 528. The van der Waals surface area contributed by atoms with Gasteiger partial charge in [0.25, 0.3) is 0 Å². The highest BCUT2D eigenvalue weighted by Gasteiger charge is 2.12. The van der Waals surface area contributed by atoms with E-state index in [0.717, 1.165) is 24.3 Å². The number of halogens is 1. The Labute approximate surface area is 118 Å². The molecule has 0 saturated carbocycles. The summed E-state index contributed by atoms with van der Waals surface area (Å²) in [5.74, 6) is 1.11. The van der Waals surface area contributed by atoms with E-state index in [-0.39, 0.29) is 5.92 Å². The second kappa shape index (κ2) is 6.48. The summed E-state index contributed by atoms with van der Waals surface area (Å²) in [6.07, 6.45) is 6.01. The molecule has 0 saturated heterocycles. The van der Waals surface area contributed by atoms with E-state index in [4.69, 9.17) is 11.6 Å². The van der Waals surface area contributed by atoms with Gasteiger partial charge in [-0.2, -0.15) is 0 Å². The molecule has 4 nitrogen and oxygen atoms in total. The molecule has 2 rings (SSSR count). The molecule has 0 amide bonds. The molecule has 0 radical (unpaired) electrons. The van der Waals surface area contributed by atoms with E-state index < -0.39 is 0 Å². The van der Waals surface area contributed by atoms with Crippen molar-refractivity contribution in [1.82, 2.24) is 15.0 Å². The zero-order chi connectivity index (χ0) is 13.7. The Kier molecular flexibility index (Phi) is 4.68. The fraction of sp³-hybridized carbons (Fsp3) is 0.357. The molecular formula is C14H17ClN4. The molecule has 5 heteroatoms. The summed E-state index contributed by atoms with van der Waals surface area (Å²) in [7, 11) is 0. The van der Waals surface area contributed by atoms with Crippen molar-refractivity contribution in [2.45, 2.75) is 26.2 Å². The van der Waals surface area contributed by atoms with Gasteiger partial charge in [0.1, 0.15) is 17.3 Å². The summed E-state index contributed by atoms with van der Waals surface area (Å²) < 4.78 is 0.